The normalized spacial score (nSPS) is 18.7. The molecular weight excluding hydrogens is 400 g/mol. The zero-order valence-electron chi connectivity index (χ0n) is 17.6. The van der Waals surface area contributed by atoms with Crippen molar-refractivity contribution in [2.24, 2.45) is 0 Å². The number of nitrogens with zero attached hydrogens (tertiary/aromatic N) is 6. The number of piperidine rings is 1. The fourth-order valence-corrected chi connectivity index (χ4v) is 3.78. The SMILES string of the molecule is CON(C)C(=O)c1cc([C@@H]2CC[C@@H](C)N(C(=O)c3ccccc3-n3nccn3)C2)no1. The molecule has 0 radical (unpaired) electrons. The molecule has 0 N–H and O–H groups in total. The van der Waals surface area contributed by atoms with Gasteiger partial charge in [-0.05, 0) is 31.9 Å². The fourth-order valence-electron chi connectivity index (χ4n) is 3.78. The molecule has 2 amide bonds. The number of hydroxylamine groups is 2. The van der Waals surface area contributed by atoms with Crippen molar-refractivity contribution < 1.29 is 18.9 Å². The highest BCUT2D eigenvalue weighted by Gasteiger charge is 2.33. The molecule has 2 atom stereocenters. The molecule has 10 nitrogen and oxygen atoms in total. The molecule has 162 valence electrons. The third kappa shape index (κ3) is 4.06. The van der Waals surface area contributed by atoms with Gasteiger partial charge in [-0.25, -0.2) is 5.06 Å². The molecule has 0 spiro atoms. The summed E-state index contributed by atoms with van der Waals surface area (Å²) < 4.78 is 5.23. The zero-order valence-corrected chi connectivity index (χ0v) is 17.6. The summed E-state index contributed by atoms with van der Waals surface area (Å²) in [5.74, 6) is -0.442. The van der Waals surface area contributed by atoms with E-state index in [9.17, 15) is 9.59 Å². The van der Waals surface area contributed by atoms with E-state index in [0.29, 0.717) is 23.5 Å². The molecule has 2 aromatic heterocycles. The van der Waals surface area contributed by atoms with Crippen LogP contribution in [-0.4, -0.2) is 68.7 Å². The molecule has 0 aliphatic carbocycles. The number of hydrogen-bond acceptors (Lipinski definition) is 7. The van der Waals surface area contributed by atoms with Gasteiger partial charge in [0.2, 0.25) is 5.76 Å². The van der Waals surface area contributed by atoms with Gasteiger partial charge in [-0.1, -0.05) is 17.3 Å². The second-order valence-corrected chi connectivity index (χ2v) is 7.52. The van der Waals surface area contributed by atoms with Gasteiger partial charge in [0.15, 0.2) is 0 Å². The molecule has 4 rings (SSSR count). The van der Waals surface area contributed by atoms with Crippen LogP contribution in [0.1, 0.15) is 52.3 Å². The smallest absolute Gasteiger partial charge is 0.315 e. The number of hydrogen-bond donors (Lipinski definition) is 0. The Bertz CT molecular complexity index is 1060. The fraction of sp³-hybridized carbons (Fsp3) is 0.381. The first-order valence-corrected chi connectivity index (χ1v) is 10.0. The molecule has 0 saturated carbocycles. The maximum absolute atomic E-state index is 13.5. The maximum Gasteiger partial charge on any atom is 0.315 e. The molecule has 10 heteroatoms. The van der Waals surface area contributed by atoms with Crippen LogP contribution in [0.25, 0.3) is 5.69 Å². The molecule has 31 heavy (non-hydrogen) atoms. The Kier molecular flexibility index (Phi) is 5.81. The molecule has 1 aromatic carbocycles. The van der Waals surface area contributed by atoms with E-state index in [1.165, 1.54) is 19.0 Å². The topological polar surface area (TPSA) is 107 Å². The molecule has 1 aliphatic rings. The van der Waals surface area contributed by atoms with E-state index in [4.69, 9.17) is 9.36 Å². The predicted molar refractivity (Wildman–Crippen MR) is 109 cm³/mol. The molecule has 0 bridgehead atoms. The van der Waals surface area contributed by atoms with Gasteiger partial charge in [-0.2, -0.15) is 15.0 Å². The summed E-state index contributed by atoms with van der Waals surface area (Å²) in [5.41, 5.74) is 1.81. The van der Waals surface area contributed by atoms with Crippen molar-refractivity contribution in [3.63, 3.8) is 0 Å². The first-order chi connectivity index (χ1) is 15.0. The quantitative estimate of drug-likeness (QED) is 0.579. The van der Waals surface area contributed by atoms with Gasteiger partial charge < -0.3 is 9.42 Å². The van der Waals surface area contributed by atoms with Crippen molar-refractivity contribution in [2.75, 3.05) is 20.7 Å². The van der Waals surface area contributed by atoms with Crippen LogP contribution in [0.3, 0.4) is 0 Å². The number of para-hydroxylation sites is 1. The van der Waals surface area contributed by atoms with E-state index < -0.39 is 5.91 Å². The lowest BCUT2D eigenvalue weighted by atomic mass is 9.90. The lowest BCUT2D eigenvalue weighted by molar-refractivity contribution is -0.0776. The number of carbonyl (C=O) groups is 2. The van der Waals surface area contributed by atoms with Crippen LogP contribution in [0.5, 0.6) is 0 Å². The van der Waals surface area contributed by atoms with Gasteiger partial charge in [0.05, 0.1) is 36.4 Å². The zero-order chi connectivity index (χ0) is 22.0. The minimum Gasteiger partial charge on any atom is -0.351 e. The number of aromatic nitrogens is 4. The van der Waals surface area contributed by atoms with Crippen LogP contribution in [-0.2, 0) is 4.84 Å². The van der Waals surface area contributed by atoms with Crippen LogP contribution < -0.4 is 0 Å². The minimum atomic E-state index is -0.418. The van der Waals surface area contributed by atoms with Gasteiger partial charge >= 0.3 is 5.91 Å². The van der Waals surface area contributed by atoms with E-state index in [1.54, 1.807) is 24.5 Å². The largest absolute Gasteiger partial charge is 0.351 e. The standard InChI is InChI=1S/C21H24N6O4/c1-14-8-9-15(17-12-19(31-24-17)21(29)25(2)30-3)13-26(14)20(28)16-6-4-5-7-18(16)27-22-10-11-23-27/h4-7,10-12,14-15H,8-9,13H2,1-3H3/t14-,15-/m1/s1. The monoisotopic (exact) mass is 424 g/mol. The Labute approximate surface area is 179 Å². The van der Waals surface area contributed by atoms with E-state index in [-0.39, 0.29) is 23.6 Å². The van der Waals surface area contributed by atoms with Crippen LogP contribution in [0.15, 0.2) is 47.2 Å². The summed E-state index contributed by atoms with van der Waals surface area (Å²) in [7, 11) is 2.90. The predicted octanol–water partition coefficient (Wildman–Crippen LogP) is 2.30. The number of carbonyl (C=O) groups excluding carboxylic acids is 2. The molecule has 1 aliphatic heterocycles. The van der Waals surface area contributed by atoms with Crippen molar-refractivity contribution in [3.05, 3.63) is 59.7 Å². The van der Waals surface area contributed by atoms with Gasteiger partial charge in [0.1, 0.15) is 0 Å². The third-order valence-electron chi connectivity index (χ3n) is 5.63. The van der Waals surface area contributed by atoms with Crippen molar-refractivity contribution in [1.82, 2.24) is 30.1 Å². The van der Waals surface area contributed by atoms with Crippen molar-refractivity contribution in [3.8, 4) is 5.69 Å². The van der Waals surface area contributed by atoms with Gasteiger partial charge in [0, 0.05) is 31.6 Å². The highest BCUT2D eigenvalue weighted by atomic mass is 16.7. The molecule has 1 fully saturated rings. The summed E-state index contributed by atoms with van der Waals surface area (Å²) in [6.45, 7) is 2.51. The molecule has 3 aromatic rings. The average molecular weight is 424 g/mol. The highest BCUT2D eigenvalue weighted by Crippen LogP contribution is 2.31. The summed E-state index contributed by atoms with van der Waals surface area (Å²) in [6, 6.07) is 8.97. The molecule has 3 heterocycles. The van der Waals surface area contributed by atoms with Gasteiger partial charge in [0.25, 0.3) is 5.91 Å². The first kappa shape index (κ1) is 20.7. The average Bonchev–Trinajstić information content (AvgIpc) is 3.50. The molecular formula is C21H24N6O4. The Morgan fingerprint density at radius 3 is 2.68 bits per heavy atom. The summed E-state index contributed by atoms with van der Waals surface area (Å²) >= 11 is 0. The van der Waals surface area contributed by atoms with Crippen LogP contribution in [0.4, 0.5) is 0 Å². The molecule has 1 saturated heterocycles. The number of rotatable bonds is 5. The number of amides is 2. The number of likely N-dealkylation sites (tertiary alicyclic amines) is 1. The summed E-state index contributed by atoms with van der Waals surface area (Å²) in [6.07, 6.45) is 4.80. The second kappa shape index (κ2) is 8.68. The summed E-state index contributed by atoms with van der Waals surface area (Å²) in [5, 5.41) is 13.5. The highest BCUT2D eigenvalue weighted by molar-refractivity contribution is 5.98. The van der Waals surface area contributed by atoms with Crippen LogP contribution in [0.2, 0.25) is 0 Å². The van der Waals surface area contributed by atoms with E-state index in [1.807, 2.05) is 30.0 Å². The van der Waals surface area contributed by atoms with Crippen LogP contribution >= 0.6 is 0 Å². The first-order valence-electron chi connectivity index (χ1n) is 10.0. The Balaban J connectivity index is 1.56. The lowest BCUT2D eigenvalue weighted by Gasteiger charge is -2.37. The van der Waals surface area contributed by atoms with Crippen LogP contribution in [0, 0.1) is 0 Å². The number of benzene rings is 1. The Morgan fingerprint density at radius 1 is 1.19 bits per heavy atom. The minimum absolute atomic E-state index is 0.0340. The van der Waals surface area contributed by atoms with E-state index in [2.05, 4.69) is 15.4 Å². The molecule has 0 unspecified atom stereocenters. The van der Waals surface area contributed by atoms with Crippen molar-refractivity contribution in [2.45, 2.75) is 31.7 Å². The Hall–Kier alpha value is -3.53. The maximum atomic E-state index is 13.5. The third-order valence-corrected chi connectivity index (χ3v) is 5.63. The summed E-state index contributed by atoms with van der Waals surface area (Å²) in [4.78, 5) is 33.9. The van der Waals surface area contributed by atoms with Crippen molar-refractivity contribution in [1.29, 1.82) is 0 Å². The van der Waals surface area contributed by atoms with Crippen molar-refractivity contribution >= 4 is 11.8 Å². The second-order valence-electron chi connectivity index (χ2n) is 7.52. The van der Waals surface area contributed by atoms with Gasteiger partial charge in [-0.15, -0.1) is 0 Å². The Morgan fingerprint density at radius 2 is 1.94 bits per heavy atom. The van der Waals surface area contributed by atoms with E-state index in [0.717, 1.165) is 17.9 Å². The van der Waals surface area contributed by atoms with E-state index >= 15 is 0 Å². The van der Waals surface area contributed by atoms with Gasteiger partial charge in [-0.3, -0.25) is 14.4 Å². The lowest BCUT2D eigenvalue weighted by Crippen LogP contribution is -2.45.